The minimum Gasteiger partial charge on any atom is -0.341 e. The average Bonchev–Trinajstić information content (AvgIpc) is 3.81. The highest BCUT2D eigenvalue weighted by Crippen LogP contribution is 2.35. The molecule has 0 unspecified atom stereocenters. The van der Waals surface area contributed by atoms with Crippen molar-refractivity contribution in [1.82, 2.24) is 35.1 Å². The Morgan fingerprint density at radius 1 is 0.739 bits per heavy atom. The normalized spacial score (nSPS) is 19.3. The summed E-state index contributed by atoms with van der Waals surface area (Å²) in [5.74, 6) is 2.02. The molecule has 46 heavy (non-hydrogen) atoms. The van der Waals surface area contributed by atoms with Gasteiger partial charge in [0.15, 0.2) is 0 Å². The summed E-state index contributed by atoms with van der Waals surface area (Å²) in [5.41, 5.74) is 7.56. The molecular formula is C38H43N7O. The molecule has 2 fully saturated rings. The van der Waals surface area contributed by atoms with Gasteiger partial charge in [-0.2, -0.15) is 0 Å². The van der Waals surface area contributed by atoms with E-state index < -0.39 is 0 Å². The number of likely N-dealkylation sites (tertiary alicyclic amines) is 1. The number of carbonyl (C=O) groups excluding carboxylic acids is 1. The standard InChI is InChI=1S/C38H43N7O/c1-44(2)35(30-10-4-3-5-11-30)38(46)45-23-9-7-13-34(45)37-41-25-33(43-37)29-20-16-27(17-21-29)26-14-18-28(19-15-26)32-24-40-36(42-32)31-12-6-8-22-39-31/h3-5,10-11,14-21,24-25,31,34-35,39H,6-9,12-13,22-23H2,1-2H3,(H,40,42)(H,41,43)/t31-,34-,35-/m0/s1. The summed E-state index contributed by atoms with van der Waals surface area (Å²) in [6.45, 7) is 1.80. The van der Waals surface area contributed by atoms with Gasteiger partial charge in [0.1, 0.15) is 17.7 Å². The van der Waals surface area contributed by atoms with Crippen molar-refractivity contribution in [3.8, 4) is 33.6 Å². The maximum absolute atomic E-state index is 14.0. The number of piperidine rings is 2. The Labute approximate surface area is 271 Å². The van der Waals surface area contributed by atoms with E-state index in [-0.39, 0.29) is 18.0 Å². The third-order valence-electron chi connectivity index (χ3n) is 9.52. The highest BCUT2D eigenvalue weighted by atomic mass is 16.2. The smallest absolute Gasteiger partial charge is 0.245 e. The van der Waals surface area contributed by atoms with Gasteiger partial charge in [-0.15, -0.1) is 0 Å². The lowest BCUT2D eigenvalue weighted by molar-refractivity contribution is -0.140. The second-order valence-electron chi connectivity index (χ2n) is 12.8. The Hall–Kier alpha value is -4.53. The van der Waals surface area contributed by atoms with Crippen LogP contribution in [0.1, 0.15) is 73.9 Å². The number of nitrogens with one attached hydrogen (secondary N) is 3. The fourth-order valence-electron chi connectivity index (χ4n) is 7.02. The predicted octanol–water partition coefficient (Wildman–Crippen LogP) is 7.30. The zero-order valence-corrected chi connectivity index (χ0v) is 26.7. The minimum atomic E-state index is -0.325. The molecular weight excluding hydrogens is 570 g/mol. The van der Waals surface area contributed by atoms with E-state index in [9.17, 15) is 4.79 Å². The molecule has 7 rings (SSSR count). The van der Waals surface area contributed by atoms with Crippen LogP contribution in [0, 0.1) is 0 Å². The molecule has 2 aliphatic heterocycles. The van der Waals surface area contributed by atoms with Gasteiger partial charge in [0, 0.05) is 6.54 Å². The van der Waals surface area contributed by atoms with Crippen LogP contribution in [-0.2, 0) is 4.79 Å². The third-order valence-corrected chi connectivity index (χ3v) is 9.52. The number of aromatic amines is 2. The van der Waals surface area contributed by atoms with E-state index in [1.807, 2.05) is 66.6 Å². The first-order chi connectivity index (χ1) is 22.5. The Kier molecular flexibility index (Phi) is 8.81. The number of imidazole rings is 2. The van der Waals surface area contributed by atoms with Crippen LogP contribution in [0.25, 0.3) is 33.6 Å². The molecule has 2 aliphatic rings. The Bertz CT molecular complexity index is 1730. The molecule has 2 aromatic heterocycles. The predicted molar refractivity (Wildman–Crippen MR) is 183 cm³/mol. The average molecular weight is 614 g/mol. The lowest BCUT2D eigenvalue weighted by atomic mass is 9.97. The Morgan fingerprint density at radius 3 is 1.93 bits per heavy atom. The zero-order chi connectivity index (χ0) is 31.5. The van der Waals surface area contributed by atoms with Crippen LogP contribution in [-0.4, -0.2) is 62.8 Å². The number of likely N-dealkylation sites (N-methyl/N-ethyl adjacent to an activating group) is 1. The molecule has 0 bridgehead atoms. The number of amides is 1. The van der Waals surface area contributed by atoms with Gasteiger partial charge >= 0.3 is 0 Å². The molecule has 8 nitrogen and oxygen atoms in total. The molecule has 236 valence electrons. The summed E-state index contributed by atoms with van der Waals surface area (Å²) in [4.78, 5) is 34.6. The number of carbonyl (C=O) groups is 1. The van der Waals surface area contributed by atoms with E-state index in [4.69, 9.17) is 4.98 Å². The van der Waals surface area contributed by atoms with Crippen molar-refractivity contribution < 1.29 is 4.79 Å². The van der Waals surface area contributed by atoms with Crippen LogP contribution >= 0.6 is 0 Å². The van der Waals surface area contributed by atoms with Gasteiger partial charge in [-0.05, 0) is 80.6 Å². The second kappa shape index (κ2) is 13.4. The van der Waals surface area contributed by atoms with Crippen molar-refractivity contribution in [3.05, 3.63) is 108 Å². The van der Waals surface area contributed by atoms with Crippen LogP contribution < -0.4 is 5.32 Å². The SMILES string of the molecule is CN(C)[C@H](C(=O)N1CCCC[C@H]1c1ncc(-c2ccc(-c3ccc(-c4cnc([C@@H]5CCCCN5)[nH]4)cc3)cc2)[nH]1)c1ccccc1. The van der Waals surface area contributed by atoms with Gasteiger partial charge < -0.3 is 20.2 Å². The van der Waals surface area contributed by atoms with Gasteiger partial charge in [-0.25, -0.2) is 9.97 Å². The molecule has 5 aromatic rings. The van der Waals surface area contributed by atoms with E-state index in [2.05, 4.69) is 68.8 Å². The molecule has 0 radical (unpaired) electrons. The van der Waals surface area contributed by atoms with Crippen molar-refractivity contribution in [1.29, 1.82) is 0 Å². The second-order valence-corrected chi connectivity index (χ2v) is 12.8. The highest BCUT2D eigenvalue weighted by Gasteiger charge is 2.35. The van der Waals surface area contributed by atoms with Crippen LogP contribution in [0.5, 0.6) is 0 Å². The van der Waals surface area contributed by atoms with Crippen molar-refractivity contribution in [2.24, 2.45) is 0 Å². The van der Waals surface area contributed by atoms with E-state index in [0.717, 1.165) is 84.1 Å². The number of aromatic nitrogens is 4. The first-order valence-corrected chi connectivity index (χ1v) is 16.6. The number of H-pyrrole nitrogens is 2. The molecule has 0 aliphatic carbocycles. The van der Waals surface area contributed by atoms with E-state index in [1.165, 1.54) is 18.4 Å². The first-order valence-electron chi connectivity index (χ1n) is 16.6. The topological polar surface area (TPSA) is 92.9 Å². The van der Waals surface area contributed by atoms with Crippen LogP contribution in [0.4, 0.5) is 0 Å². The molecule has 4 heterocycles. The molecule has 1 amide bonds. The van der Waals surface area contributed by atoms with E-state index in [1.54, 1.807) is 0 Å². The summed E-state index contributed by atoms with van der Waals surface area (Å²) in [6.07, 6.45) is 10.5. The highest BCUT2D eigenvalue weighted by molar-refractivity contribution is 5.84. The van der Waals surface area contributed by atoms with E-state index >= 15 is 0 Å². The van der Waals surface area contributed by atoms with E-state index in [0.29, 0.717) is 6.04 Å². The number of rotatable bonds is 8. The zero-order valence-electron chi connectivity index (χ0n) is 26.7. The summed E-state index contributed by atoms with van der Waals surface area (Å²) in [5, 5.41) is 3.57. The molecule has 3 N–H and O–H groups in total. The maximum atomic E-state index is 14.0. The fraction of sp³-hybridized carbons (Fsp3) is 0.342. The molecule has 2 saturated heterocycles. The van der Waals surface area contributed by atoms with Gasteiger partial charge in [0.05, 0.1) is 35.9 Å². The maximum Gasteiger partial charge on any atom is 0.245 e. The Balaban J connectivity index is 1.05. The van der Waals surface area contributed by atoms with Crippen molar-refractivity contribution in [3.63, 3.8) is 0 Å². The van der Waals surface area contributed by atoms with Crippen LogP contribution in [0.3, 0.4) is 0 Å². The van der Waals surface area contributed by atoms with Gasteiger partial charge in [0.2, 0.25) is 5.91 Å². The molecule has 0 saturated carbocycles. The lowest BCUT2D eigenvalue weighted by Crippen LogP contribution is -2.45. The van der Waals surface area contributed by atoms with Crippen molar-refractivity contribution >= 4 is 5.91 Å². The largest absolute Gasteiger partial charge is 0.341 e. The number of hydrogen-bond donors (Lipinski definition) is 3. The third kappa shape index (κ3) is 6.28. The Morgan fingerprint density at radius 2 is 1.33 bits per heavy atom. The number of hydrogen-bond acceptors (Lipinski definition) is 5. The number of nitrogens with zero attached hydrogens (tertiary/aromatic N) is 4. The molecule has 0 spiro atoms. The molecule has 8 heteroatoms. The van der Waals surface area contributed by atoms with Crippen molar-refractivity contribution in [2.45, 2.75) is 56.7 Å². The summed E-state index contributed by atoms with van der Waals surface area (Å²) < 4.78 is 0. The summed E-state index contributed by atoms with van der Waals surface area (Å²) in [7, 11) is 3.95. The lowest BCUT2D eigenvalue weighted by Gasteiger charge is -2.38. The number of benzene rings is 3. The fourth-order valence-corrected chi connectivity index (χ4v) is 7.02. The van der Waals surface area contributed by atoms with Crippen LogP contribution in [0.15, 0.2) is 91.3 Å². The van der Waals surface area contributed by atoms with Crippen molar-refractivity contribution in [2.75, 3.05) is 27.2 Å². The summed E-state index contributed by atoms with van der Waals surface area (Å²) >= 11 is 0. The van der Waals surface area contributed by atoms with Gasteiger partial charge in [-0.3, -0.25) is 9.69 Å². The molecule has 3 atom stereocenters. The van der Waals surface area contributed by atoms with Crippen LogP contribution in [0.2, 0.25) is 0 Å². The monoisotopic (exact) mass is 613 g/mol. The molecule has 3 aromatic carbocycles. The minimum absolute atomic E-state index is 0.0659. The first kappa shape index (κ1) is 30.1. The van der Waals surface area contributed by atoms with Gasteiger partial charge in [-0.1, -0.05) is 85.3 Å². The van der Waals surface area contributed by atoms with Gasteiger partial charge in [0.25, 0.3) is 0 Å². The summed E-state index contributed by atoms with van der Waals surface area (Å²) in [6, 6.07) is 27.2. The quantitative estimate of drug-likeness (QED) is 0.171.